The van der Waals surface area contributed by atoms with E-state index in [1.807, 2.05) is 45.2 Å². The molecule has 0 spiro atoms. The maximum atomic E-state index is 5.70. The molecular weight excluding hydrogens is 240 g/mol. The number of hydrogen-bond acceptors (Lipinski definition) is 4. The fraction of sp³-hybridized carbons (Fsp3) is 0.600. The van der Waals surface area contributed by atoms with Crippen LogP contribution in [0.15, 0.2) is 24.3 Å². The van der Waals surface area contributed by atoms with Crippen LogP contribution in [0.5, 0.6) is 5.75 Å². The zero-order chi connectivity index (χ0) is 13.9. The Balaban J connectivity index is 0.000000861. The largest absolute Gasteiger partial charge is 0.492 e. The van der Waals surface area contributed by atoms with Crippen LogP contribution in [0, 0.1) is 0 Å². The molecule has 4 nitrogen and oxygen atoms in total. The number of nitrogens with zero attached hydrogens (tertiary/aromatic N) is 1. The summed E-state index contributed by atoms with van der Waals surface area (Å²) >= 11 is 0. The second-order valence-corrected chi connectivity index (χ2v) is 4.08. The third kappa shape index (κ3) is 5.94. The van der Waals surface area contributed by atoms with Gasteiger partial charge in [-0.2, -0.15) is 0 Å². The van der Waals surface area contributed by atoms with Crippen LogP contribution in [-0.2, 0) is 4.74 Å². The Kier molecular flexibility index (Phi) is 8.02. The van der Waals surface area contributed by atoms with Gasteiger partial charge in [-0.25, -0.2) is 0 Å². The van der Waals surface area contributed by atoms with E-state index in [1.165, 1.54) is 0 Å². The van der Waals surface area contributed by atoms with Gasteiger partial charge in [0.2, 0.25) is 0 Å². The van der Waals surface area contributed by atoms with Crippen molar-refractivity contribution in [1.29, 1.82) is 0 Å². The lowest BCUT2D eigenvalue weighted by Crippen LogP contribution is -2.38. The molecule has 0 aromatic heterocycles. The van der Waals surface area contributed by atoms with E-state index in [9.17, 15) is 0 Å². The fourth-order valence-corrected chi connectivity index (χ4v) is 1.84. The van der Waals surface area contributed by atoms with Crippen LogP contribution >= 0.6 is 0 Å². The molecular formula is C15H26N2O2. The summed E-state index contributed by atoms with van der Waals surface area (Å²) < 4.78 is 11.0. The summed E-state index contributed by atoms with van der Waals surface area (Å²) in [4.78, 5) is 2.37. The summed E-state index contributed by atoms with van der Waals surface area (Å²) in [7, 11) is 1.91. The van der Waals surface area contributed by atoms with E-state index >= 15 is 0 Å². The Bertz CT molecular complexity index is 321. The summed E-state index contributed by atoms with van der Waals surface area (Å²) in [5, 5.41) is 3.08. The zero-order valence-electron chi connectivity index (χ0n) is 12.3. The SMILES string of the molecule is CC.CNc1ccc(OCCN2CCOCC2)cc1. The van der Waals surface area contributed by atoms with Crippen molar-refractivity contribution in [1.82, 2.24) is 4.90 Å². The quantitative estimate of drug-likeness (QED) is 0.887. The molecule has 0 aliphatic carbocycles. The molecule has 1 fully saturated rings. The average Bonchev–Trinajstić information content (AvgIpc) is 2.51. The van der Waals surface area contributed by atoms with Crippen molar-refractivity contribution >= 4 is 5.69 Å². The van der Waals surface area contributed by atoms with Crippen LogP contribution in [-0.4, -0.2) is 51.4 Å². The van der Waals surface area contributed by atoms with Crippen molar-refractivity contribution in [3.63, 3.8) is 0 Å². The first-order chi connectivity index (χ1) is 9.38. The van der Waals surface area contributed by atoms with Crippen molar-refractivity contribution in [3.05, 3.63) is 24.3 Å². The van der Waals surface area contributed by atoms with E-state index in [0.717, 1.165) is 50.9 Å². The van der Waals surface area contributed by atoms with Gasteiger partial charge in [0.25, 0.3) is 0 Å². The van der Waals surface area contributed by atoms with Gasteiger partial charge < -0.3 is 14.8 Å². The van der Waals surface area contributed by atoms with E-state index in [0.29, 0.717) is 0 Å². The maximum Gasteiger partial charge on any atom is 0.119 e. The van der Waals surface area contributed by atoms with Gasteiger partial charge in [-0.3, -0.25) is 4.90 Å². The van der Waals surface area contributed by atoms with E-state index in [2.05, 4.69) is 10.2 Å². The van der Waals surface area contributed by atoms with Gasteiger partial charge in [0.1, 0.15) is 12.4 Å². The molecule has 0 atom stereocenters. The Morgan fingerprint density at radius 2 is 1.79 bits per heavy atom. The van der Waals surface area contributed by atoms with E-state index in [-0.39, 0.29) is 0 Å². The normalized spacial score (nSPS) is 15.3. The highest BCUT2D eigenvalue weighted by atomic mass is 16.5. The first-order valence-corrected chi connectivity index (χ1v) is 7.09. The lowest BCUT2D eigenvalue weighted by atomic mass is 10.3. The van der Waals surface area contributed by atoms with Crippen molar-refractivity contribution in [3.8, 4) is 5.75 Å². The molecule has 19 heavy (non-hydrogen) atoms. The molecule has 2 rings (SSSR count). The minimum Gasteiger partial charge on any atom is -0.492 e. The number of benzene rings is 1. The van der Waals surface area contributed by atoms with Crippen LogP contribution in [0.1, 0.15) is 13.8 Å². The number of anilines is 1. The molecule has 1 aliphatic heterocycles. The van der Waals surface area contributed by atoms with Gasteiger partial charge in [0.05, 0.1) is 13.2 Å². The summed E-state index contributed by atoms with van der Waals surface area (Å²) in [6.07, 6.45) is 0. The molecule has 0 saturated carbocycles. The molecule has 1 heterocycles. The second-order valence-electron chi connectivity index (χ2n) is 4.08. The Morgan fingerprint density at radius 1 is 1.16 bits per heavy atom. The molecule has 4 heteroatoms. The average molecular weight is 266 g/mol. The van der Waals surface area contributed by atoms with Crippen molar-refractivity contribution in [2.45, 2.75) is 13.8 Å². The minimum atomic E-state index is 0.735. The number of rotatable bonds is 5. The Morgan fingerprint density at radius 3 is 2.37 bits per heavy atom. The minimum absolute atomic E-state index is 0.735. The molecule has 1 saturated heterocycles. The van der Waals surface area contributed by atoms with E-state index in [1.54, 1.807) is 0 Å². The lowest BCUT2D eigenvalue weighted by Gasteiger charge is -2.26. The summed E-state index contributed by atoms with van der Waals surface area (Å²) in [5.74, 6) is 0.928. The highest BCUT2D eigenvalue weighted by Gasteiger charge is 2.09. The summed E-state index contributed by atoms with van der Waals surface area (Å²) in [5.41, 5.74) is 1.10. The third-order valence-electron chi connectivity index (χ3n) is 2.92. The molecule has 0 radical (unpaired) electrons. The molecule has 1 aliphatic rings. The standard InChI is InChI=1S/C13H20N2O2.C2H6/c1-14-12-2-4-13(5-3-12)17-11-8-15-6-9-16-10-7-15;1-2/h2-5,14H,6-11H2,1H3;1-2H3. The molecule has 0 bridgehead atoms. The lowest BCUT2D eigenvalue weighted by molar-refractivity contribution is 0.0322. The molecule has 1 N–H and O–H groups in total. The monoisotopic (exact) mass is 266 g/mol. The molecule has 1 aromatic rings. The Hall–Kier alpha value is -1.26. The predicted octanol–water partition coefficient (Wildman–Crippen LogP) is 2.47. The summed E-state index contributed by atoms with van der Waals surface area (Å²) in [6.45, 7) is 9.42. The Labute approximate surface area is 116 Å². The highest BCUT2D eigenvalue weighted by Crippen LogP contribution is 2.14. The van der Waals surface area contributed by atoms with E-state index in [4.69, 9.17) is 9.47 Å². The molecule has 1 aromatic carbocycles. The summed E-state index contributed by atoms with van der Waals surface area (Å²) in [6, 6.07) is 8.02. The molecule has 0 amide bonds. The second kappa shape index (κ2) is 9.64. The van der Waals surface area contributed by atoms with Crippen molar-refractivity contribution < 1.29 is 9.47 Å². The number of ether oxygens (including phenoxy) is 2. The third-order valence-corrected chi connectivity index (χ3v) is 2.92. The van der Waals surface area contributed by atoms with Crippen LogP contribution in [0.2, 0.25) is 0 Å². The zero-order valence-corrected chi connectivity index (χ0v) is 12.3. The first-order valence-electron chi connectivity index (χ1n) is 7.09. The van der Waals surface area contributed by atoms with E-state index < -0.39 is 0 Å². The van der Waals surface area contributed by atoms with Gasteiger partial charge in [-0.05, 0) is 24.3 Å². The number of nitrogens with one attached hydrogen (secondary N) is 1. The number of hydrogen-bond donors (Lipinski definition) is 1. The predicted molar refractivity (Wildman–Crippen MR) is 80.1 cm³/mol. The van der Waals surface area contributed by atoms with Gasteiger partial charge in [-0.15, -0.1) is 0 Å². The highest BCUT2D eigenvalue weighted by molar-refractivity contribution is 5.45. The van der Waals surface area contributed by atoms with Gasteiger partial charge in [0.15, 0.2) is 0 Å². The van der Waals surface area contributed by atoms with Crippen LogP contribution in [0.3, 0.4) is 0 Å². The van der Waals surface area contributed by atoms with Crippen LogP contribution in [0.25, 0.3) is 0 Å². The van der Waals surface area contributed by atoms with Gasteiger partial charge in [-0.1, -0.05) is 13.8 Å². The molecule has 108 valence electrons. The van der Waals surface area contributed by atoms with Crippen molar-refractivity contribution in [2.24, 2.45) is 0 Å². The van der Waals surface area contributed by atoms with Gasteiger partial charge in [0, 0.05) is 32.4 Å². The first kappa shape index (κ1) is 15.8. The van der Waals surface area contributed by atoms with Gasteiger partial charge >= 0.3 is 0 Å². The van der Waals surface area contributed by atoms with Crippen LogP contribution in [0.4, 0.5) is 5.69 Å². The fourth-order valence-electron chi connectivity index (χ4n) is 1.84. The maximum absolute atomic E-state index is 5.70. The topological polar surface area (TPSA) is 33.7 Å². The smallest absolute Gasteiger partial charge is 0.119 e. The molecule has 0 unspecified atom stereocenters. The number of morpholine rings is 1. The van der Waals surface area contributed by atoms with Crippen molar-refractivity contribution in [2.75, 3.05) is 51.8 Å². The van der Waals surface area contributed by atoms with Crippen LogP contribution < -0.4 is 10.1 Å².